The van der Waals surface area contributed by atoms with Crippen molar-refractivity contribution in [3.05, 3.63) is 23.2 Å². The number of methoxy groups -OCH3 is 1. The van der Waals surface area contributed by atoms with Gasteiger partial charge < -0.3 is 10.1 Å². The lowest BCUT2D eigenvalue weighted by molar-refractivity contribution is 0.318. The first-order valence-corrected chi connectivity index (χ1v) is 8.26. The molecule has 0 saturated heterocycles. The zero-order valence-corrected chi connectivity index (χ0v) is 13.8. The van der Waals surface area contributed by atoms with Crippen LogP contribution in [-0.4, -0.2) is 24.6 Å². The average molecular weight is 313 g/mol. The first kappa shape index (κ1) is 15.5. The molecule has 0 unspecified atom stereocenters. The molecule has 5 heteroatoms. The first-order chi connectivity index (χ1) is 9.62. The van der Waals surface area contributed by atoms with Crippen LogP contribution in [0.2, 0.25) is 5.02 Å². The van der Waals surface area contributed by atoms with Gasteiger partial charge >= 0.3 is 0 Å². The van der Waals surface area contributed by atoms with Gasteiger partial charge in [0, 0.05) is 18.0 Å². The van der Waals surface area contributed by atoms with Gasteiger partial charge in [-0.05, 0) is 36.5 Å². The van der Waals surface area contributed by atoms with E-state index in [-0.39, 0.29) is 0 Å². The van der Waals surface area contributed by atoms with Crippen LogP contribution in [0.3, 0.4) is 0 Å². The molecular weight excluding hydrogens is 292 g/mol. The van der Waals surface area contributed by atoms with Crippen molar-refractivity contribution < 1.29 is 4.74 Å². The molecule has 0 amide bonds. The van der Waals surface area contributed by atoms with Crippen LogP contribution in [0.4, 0.5) is 5.69 Å². The molecule has 1 aliphatic heterocycles. The zero-order valence-electron chi connectivity index (χ0n) is 12.2. The fourth-order valence-corrected chi connectivity index (χ4v) is 3.72. The van der Waals surface area contributed by atoms with Gasteiger partial charge in [-0.1, -0.05) is 37.2 Å². The maximum atomic E-state index is 6.13. The molecule has 20 heavy (non-hydrogen) atoms. The summed E-state index contributed by atoms with van der Waals surface area (Å²) in [5.41, 5.74) is 1.32. The van der Waals surface area contributed by atoms with E-state index in [0.717, 1.165) is 23.2 Å². The Balaban J connectivity index is 2.05. The van der Waals surface area contributed by atoms with Gasteiger partial charge in [0.1, 0.15) is 5.75 Å². The second-order valence-corrected chi connectivity index (χ2v) is 6.46. The van der Waals surface area contributed by atoms with E-state index in [1.165, 1.54) is 12.8 Å². The molecule has 0 aromatic heterocycles. The van der Waals surface area contributed by atoms with Gasteiger partial charge in [-0.15, -0.1) is 0 Å². The van der Waals surface area contributed by atoms with Crippen molar-refractivity contribution in [2.45, 2.75) is 26.7 Å². The Bertz CT molecular complexity index is 501. The van der Waals surface area contributed by atoms with Crippen LogP contribution in [0, 0.1) is 5.41 Å². The highest BCUT2D eigenvalue weighted by atomic mass is 35.5. The van der Waals surface area contributed by atoms with E-state index < -0.39 is 0 Å². The van der Waals surface area contributed by atoms with E-state index in [2.05, 4.69) is 24.2 Å². The van der Waals surface area contributed by atoms with Crippen molar-refractivity contribution in [1.82, 2.24) is 0 Å². The Kier molecular flexibility index (Phi) is 5.22. The summed E-state index contributed by atoms with van der Waals surface area (Å²) in [4.78, 5) is 4.69. The van der Waals surface area contributed by atoms with E-state index in [1.807, 2.05) is 18.2 Å². The highest BCUT2D eigenvalue weighted by molar-refractivity contribution is 8.14. The number of amidine groups is 1. The standard InChI is InChI=1S/C15H21ClN2OS/c1-4-15(5-2)9-17-14(20-10-15)18-11-6-7-13(19-3)12(16)8-11/h6-8H,4-5,9-10H2,1-3H3,(H,17,18). The second kappa shape index (κ2) is 6.72. The fraction of sp³-hybridized carbons (Fsp3) is 0.533. The minimum Gasteiger partial charge on any atom is -0.495 e. The van der Waals surface area contributed by atoms with Crippen molar-refractivity contribution in [1.29, 1.82) is 0 Å². The predicted molar refractivity (Wildman–Crippen MR) is 89.4 cm³/mol. The molecule has 0 bridgehead atoms. The van der Waals surface area contributed by atoms with Gasteiger partial charge in [-0.25, -0.2) is 0 Å². The maximum absolute atomic E-state index is 6.13. The molecule has 0 saturated carbocycles. The normalized spacial score (nSPS) is 17.5. The van der Waals surface area contributed by atoms with Crippen LogP contribution in [0.1, 0.15) is 26.7 Å². The number of aliphatic imine (C=N–C) groups is 1. The summed E-state index contributed by atoms with van der Waals surface area (Å²) in [6, 6.07) is 5.68. The van der Waals surface area contributed by atoms with Crippen LogP contribution in [0.25, 0.3) is 0 Å². The third-order valence-electron chi connectivity index (χ3n) is 3.98. The predicted octanol–water partition coefficient (Wildman–Crippen LogP) is 4.67. The summed E-state index contributed by atoms with van der Waals surface area (Å²) >= 11 is 7.92. The molecule has 1 aromatic rings. The quantitative estimate of drug-likeness (QED) is 0.877. The van der Waals surface area contributed by atoms with Gasteiger partial charge in [0.15, 0.2) is 5.17 Å². The monoisotopic (exact) mass is 312 g/mol. The van der Waals surface area contributed by atoms with Crippen LogP contribution in [-0.2, 0) is 0 Å². The Morgan fingerprint density at radius 3 is 2.65 bits per heavy atom. The van der Waals surface area contributed by atoms with E-state index >= 15 is 0 Å². The highest BCUT2D eigenvalue weighted by Gasteiger charge is 2.30. The number of rotatable bonds is 4. The molecule has 2 rings (SSSR count). The summed E-state index contributed by atoms with van der Waals surface area (Å²) in [5.74, 6) is 1.81. The van der Waals surface area contributed by atoms with Gasteiger partial charge in [-0.2, -0.15) is 0 Å². The maximum Gasteiger partial charge on any atom is 0.161 e. The molecule has 110 valence electrons. The van der Waals surface area contributed by atoms with Crippen molar-refractivity contribution >= 4 is 34.2 Å². The number of thioether (sulfide) groups is 1. The van der Waals surface area contributed by atoms with E-state index in [0.29, 0.717) is 16.2 Å². The molecule has 1 N–H and O–H groups in total. The molecule has 1 aromatic carbocycles. The summed E-state index contributed by atoms with van der Waals surface area (Å²) in [5, 5.41) is 4.91. The van der Waals surface area contributed by atoms with Gasteiger partial charge in [-0.3, -0.25) is 4.99 Å². The molecule has 3 nitrogen and oxygen atoms in total. The van der Waals surface area contributed by atoms with Crippen LogP contribution >= 0.6 is 23.4 Å². The summed E-state index contributed by atoms with van der Waals surface area (Å²) in [7, 11) is 1.62. The van der Waals surface area contributed by atoms with Crippen LogP contribution < -0.4 is 10.1 Å². The minimum atomic E-state index is 0.368. The summed E-state index contributed by atoms with van der Waals surface area (Å²) in [6.45, 7) is 5.40. The van der Waals surface area contributed by atoms with Crippen LogP contribution in [0.15, 0.2) is 23.2 Å². The third kappa shape index (κ3) is 3.41. The minimum absolute atomic E-state index is 0.368. The number of halogens is 1. The Labute approximate surface area is 130 Å². The molecule has 0 spiro atoms. The summed E-state index contributed by atoms with van der Waals surface area (Å²) < 4.78 is 5.15. The lowest BCUT2D eigenvalue weighted by Gasteiger charge is -2.33. The number of nitrogens with zero attached hydrogens (tertiary/aromatic N) is 1. The van der Waals surface area contributed by atoms with Gasteiger partial charge in [0.25, 0.3) is 0 Å². The number of benzene rings is 1. The number of hydrogen-bond donors (Lipinski definition) is 1. The van der Waals surface area contributed by atoms with E-state index in [4.69, 9.17) is 16.3 Å². The van der Waals surface area contributed by atoms with E-state index in [1.54, 1.807) is 18.9 Å². The Hall–Kier alpha value is -0.870. The molecular formula is C15H21ClN2OS. The second-order valence-electron chi connectivity index (χ2n) is 5.09. The van der Waals surface area contributed by atoms with Crippen molar-refractivity contribution in [2.75, 3.05) is 24.7 Å². The third-order valence-corrected chi connectivity index (χ3v) is 5.53. The lowest BCUT2D eigenvalue weighted by atomic mass is 9.84. The smallest absolute Gasteiger partial charge is 0.161 e. The fourth-order valence-electron chi connectivity index (χ4n) is 2.17. The SMILES string of the molecule is CCC1(CC)CN=C(Nc2ccc(OC)c(Cl)c2)SC1. The topological polar surface area (TPSA) is 33.6 Å². The average Bonchev–Trinajstić information content (AvgIpc) is 2.49. The molecule has 0 fully saturated rings. The molecule has 1 heterocycles. The number of ether oxygens (including phenoxy) is 1. The van der Waals surface area contributed by atoms with E-state index in [9.17, 15) is 0 Å². The molecule has 1 aliphatic rings. The number of anilines is 1. The van der Waals surface area contributed by atoms with Gasteiger partial charge in [0.2, 0.25) is 0 Å². The van der Waals surface area contributed by atoms with Crippen LogP contribution in [0.5, 0.6) is 5.75 Å². The van der Waals surface area contributed by atoms with Crippen molar-refractivity contribution in [2.24, 2.45) is 10.4 Å². The van der Waals surface area contributed by atoms with Gasteiger partial charge in [0.05, 0.1) is 12.1 Å². The Morgan fingerprint density at radius 1 is 1.40 bits per heavy atom. The zero-order chi connectivity index (χ0) is 14.6. The molecule has 0 atom stereocenters. The largest absolute Gasteiger partial charge is 0.495 e. The number of nitrogens with one attached hydrogen (secondary N) is 1. The highest BCUT2D eigenvalue weighted by Crippen LogP contribution is 2.36. The lowest BCUT2D eigenvalue weighted by Crippen LogP contribution is -2.32. The molecule has 0 aliphatic carbocycles. The van der Waals surface area contributed by atoms with Crippen molar-refractivity contribution in [3.63, 3.8) is 0 Å². The number of hydrogen-bond acceptors (Lipinski definition) is 4. The van der Waals surface area contributed by atoms with Crippen molar-refractivity contribution in [3.8, 4) is 5.75 Å². The first-order valence-electron chi connectivity index (χ1n) is 6.90. The Morgan fingerprint density at radius 2 is 2.15 bits per heavy atom. The molecule has 0 radical (unpaired) electrons. The summed E-state index contributed by atoms with van der Waals surface area (Å²) in [6.07, 6.45) is 2.36.